The predicted molar refractivity (Wildman–Crippen MR) is 52.4 cm³/mol. The van der Waals surface area contributed by atoms with Crippen LogP contribution < -0.4 is 4.74 Å². The molecule has 0 N–H and O–H groups in total. The second-order valence-electron chi connectivity index (χ2n) is 3.52. The number of carbonyl (C=O) groups excluding carboxylic acids is 1. The smallest absolute Gasteiger partial charge is 0.316 e. The Morgan fingerprint density at radius 2 is 2.00 bits per heavy atom. The van der Waals surface area contributed by atoms with Crippen molar-refractivity contribution in [2.45, 2.75) is 20.8 Å². The van der Waals surface area contributed by atoms with Crippen molar-refractivity contribution in [2.24, 2.45) is 5.92 Å². The van der Waals surface area contributed by atoms with Crippen LogP contribution in [0.25, 0.3) is 0 Å². The third-order valence-corrected chi connectivity index (χ3v) is 1.58. The van der Waals surface area contributed by atoms with Gasteiger partial charge in [-0.15, -0.1) is 0 Å². The van der Waals surface area contributed by atoms with Gasteiger partial charge in [0.15, 0.2) is 5.78 Å². The number of rotatable bonds is 4. The molecule has 76 valence electrons. The number of hydrogen-bond donors (Lipinski definition) is 0. The summed E-state index contributed by atoms with van der Waals surface area (Å²) >= 11 is 0. The first-order chi connectivity index (χ1) is 6.59. The lowest BCUT2D eigenvalue weighted by molar-refractivity contribution is 0.101. The summed E-state index contributed by atoms with van der Waals surface area (Å²) in [5.41, 5.74) is 0.502. The molecule has 0 saturated heterocycles. The largest absolute Gasteiger partial charge is 0.463 e. The molecule has 14 heavy (non-hydrogen) atoms. The fraction of sp³-hybridized carbons (Fsp3) is 0.500. The molecule has 0 amide bonds. The average molecular weight is 194 g/mol. The molecule has 1 aromatic heterocycles. The van der Waals surface area contributed by atoms with Gasteiger partial charge in [0.2, 0.25) is 0 Å². The van der Waals surface area contributed by atoms with Crippen LogP contribution in [0.3, 0.4) is 0 Å². The van der Waals surface area contributed by atoms with Crippen molar-refractivity contribution >= 4 is 5.78 Å². The van der Waals surface area contributed by atoms with Crippen molar-refractivity contribution in [3.8, 4) is 6.01 Å². The Labute approximate surface area is 83.3 Å². The molecule has 1 aromatic rings. The highest BCUT2D eigenvalue weighted by atomic mass is 16.5. The van der Waals surface area contributed by atoms with Gasteiger partial charge < -0.3 is 4.74 Å². The lowest BCUT2D eigenvalue weighted by atomic mass is 10.2. The maximum Gasteiger partial charge on any atom is 0.316 e. The molecule has 0 aromatic carbocycles. The van der Waals surface area contributed by atoms with Crippen molar-refractivity contribution in [1.82, 2.24) is 9.97 Å². The van der Waals surface area contributed by atoms with Gasteiger partial charge in [-0.1, -0.05) is 13.8 Å². The summed E-state index contributed by atoms with van der Waals surface area (Å²) in [4.78, 5) is 18.7. The van der Waals surface area contributed by atoms with Crippen LogP contribution in [0.5, 0.6) is 6.01 Å². The topological polar surface area (TPSA) is 52.1 Å². The van der Waals surface area contributed by atoms with E-state index in [1.807, 2.05) is 13.8 Å². The molecule has 0 bridgehead atoms. The Kier molecular flexibility index (Phi) is 3.56. The molecule has 0 atom stereocenters. The monoisotopic (exact) mass is 194 g/mol. The molecule has 0 aliphatic carbocycles. The van der Waals surface area contributed by atoms with E-state index in [1.165, 1.54) is 19.3 Å². The Balaban J connectivity index is 2.60. The first-order valence-corrected chi connectivity index (χ1v) is 4.55. The minimum Gasteiger partial charge on any atom is -0.463 e. The van der Waals surface area contributed by atoms with Gasteiger partial charge in [-0.05, 0) is 12.8 Å². The van der Waals surface area contributed by atoms with Crippen LogP contribution in [-0.4, -0.2) is 22.4 Å². The third-order valence-electron chi connectivity index (χ3n) is 1.58. The molecule has 0 aliphatic heterocycles. The van der Waals surface area contributed by atoms with E-state index in [2.05, 4.69) is 9.97 Å². The zero-order valence-electron chi connectivity index (χ0n) is 8.65. The SMILES string of the molecule is CC(=O)c1cnc(OCC(C)C)nc1. The second kappa shape index (κ2) is 4.69. The maximum absolute atomic E-state index is 10.9. The highest BCUT2D eigenvalue weighted by Crippen LogP contribution is 2.04. The highest BCUT2D eigenvalue weighted by Gasteiger charge is 2.02. The fourth-order valence-electron chi connectivity index (χ4n) is 0.814. The van der Waals surface area contributed by atoms with E-state index in [0.29, 0.717) is 24.1 Å². The van der Waals surface area contributed by atoms with Gasteiger partial charge >= 0.3 is 6.01 Å². The molecule has 1 heterocycles. The van der Waals surface area contributed by atoms with Crippen LogP contribution >= 0.6 is 0 Å². The molecular weight excluding hydrogens is 180 g/mol. The van der Waals surface area contributed by atoms with E-state index in [9.17, 15) is 4.79 Å². The van der Waals surface area contributed by atoms with Gasteiger partial charge in [0, 0.05) is 12.4 Å². The Morgan fingerprint density at radius 1 is 1.43 bits per heavy atom. The quantitative estimate of drug-likeness (QED) is 0.685. The Morgan fingerprint density at radius 3 is 2.43 bits per heavy atom. The second-order valence-corrected chi connectivity index (χ2v) is 3.52. The number of Topliss-reactive ketones (excluding diaryl/α,β-unsaturated/α-hetero) is 1. The van der Waals surface area contributed by atoms with E-state index in [1.54, 1.807) is 0 Å². The van der Waals surface area contributed by atoms with Gasteiger partial charge in [-0.2, -0.15) is 0 Å². The average Bonchev–Trinajstić information content (AvgIpc) is 2.15. The third kappa shape index (κ3) is 3.12. The first-order valence-electron chi connectivity index (χ1n) is 4.55. The van der Waals surface area contributed by atoms with Crippen molar-refractivity contribution in [2.75, 3.05) is 6.61 Å². The summed E-state index contributed by atoms with van der Waals surface area (Å²) < 4.78 is 5.27. The summed E-state index contributed by atoms with van der Waals surface area (Å²) in [5.74, 6) is 0.395. The maximum atomic E-state index is 10.9. The van der Waals surface area contributed by atoms with Gasteiger partial charge in [-0.3, -0.25) is 4.79 Å². The Hall–Kier alpha value is -1.45. The molecule has 4 nitrogen and oxygen atoms in total. The van der Waals surface area contributed by atoms with Crippen LogP contribution in [0.1, 0.15) is 31.1 Å². The standard InChI is InChI=1S/C10H14N2O2/c1-7(2)6-14-10-11-4-9(5-12-10)8(3)13/h4-5,7H,6H2,1-3H3. The van der Waals surface area contributed by atoms with Crippen molar-refractivity contribution in [3.63, 3.8) is 0 Å². The summed E-state index contributed by atoms with van der Waals surface area (Å²) in [5, 5.41) is 0. The molecule has 1 rings (SSSR count). The molecule has 0 spiro atoms. The van der Waals surface area contributed by atoms with Crippen molar-refractivity contribution in [3.05, 3.63) is 18.0 Å². The summed E-state index contributed by atoms with van der Waals surface area (Å²) in [6.45, 7) is 6.15. The Bertz CT molecular complexity index is 306. The minimum atomic E-state index is -0.0413. The molecular formula is C10H14N2O2. The van der Waals surface area contributed by atoms with E-state index in [-0.39, 0.29) is 5.78 Å². The fourth-order valence-corrected chi connectivity index (χ4v) is 0.814. The normalized spacial score (nSPS) is 10.3. The van der Waals surface area contributed by atoms with Crippen LogP contribution in [0.2, 0.25) is 0 Å². The molecule has 0 radical (unpaired) electrons. The van der Waals surface area contributed by atoms with Crippen LogP contribution in [0.4, 0.5) is 0 Å². The first kappa shape index (κ1) is 10.6. The van der Waals surface area contributed by atoms with Gasteiger partial charge in [0.1, 0.15) is 0 Å². The number of nitrogens with zero attached hydrogens (tertiary/aromatic N) is 2. The minimum absolute atomic E-state index is 0.0413. The number of carbonyl (C=O) groups is 1. The number of hydrogen-bond acceptors (Lipinski definition) is 4. The van der Waals surface area contributed by atoms with Gasteiger partial charge in [0.25, 0.3) is 0 Å². The van der Waals surface area contributed by atoms with Crippen molar-refractivity contribution < 1.29 is 9.53 Å². The molecule has 0 saturated carbocycles. The van der Waals surface area contributed by atoms with E-state index < -0.39 is 0 Å². The molecule has 0 aliphatic rings. The molecule has 0 unspecified atom stereocenters. The molecule has 0 fully saturated rings. The number of ether oxygens (including phenoxy) is 1. The zero-order valence-corrected chi connectivity index (χ0v) is 8.65. The highest BCUT2D eigenvalue weighted by molar-refractivity contribution is 5.93. The van der Waals surface area contributed by atoms with E-state index in [4.69, 9.17) is 4.74 Å². The van der Waals surface area contributed by atoms with Crippen LogP contribution in [0, 0.1) is 5.92 Å². The molecule has 4 heteroatoms. The van der Waals surface area contributed by atoms with Crippen LogP contribution in [-0.2, 0) is 0 Å². The summed E-state index contributed by atoms with van der Waals surface area (Å²) in [7, 11) is 0. The predicted octanol–water partition coefficient (Wildman–Crippen LogP) is 1.71. The lowest BCUT2D eigenvalue weighted by Crippen LogP contribution is -2.07. The van der Waals surface area contributed by atoms with Gasteiger partial charge in [-0.25, -0.2) is 9.97 Å². The zero-order chi connectivity index (χ0) is 10.6. The van der Waals surface area contributed by atoms with E-state index >= 15 is 0 Å². The lowest BCUT2D eigenvalue weighted by Gasteiger charge is -2.05. The van der Waals surface area contributed by atoms with Gasteiger partial charge in [0.05, 0.1) is 12.2 Å². The summed E-state index contributed by atoms with van der Waals surface area (Å²) in [6, 6.07) is 0.323. The number of ketones is 1. The number of aromatic nitrogens is 2. The van der Waals surface area contributed by atoms with Crippen LogP contribution in [0.15, 0.2) is 12.4 Å². The van der Waals surface area contributed by atoms with E-state index in [0.717, 1.165) is 0 Å². The summed E-state index contributed by atoms with van der Waals surface area (Å²) in [6.07, 6.45) is 2.95. The van der Waals surface area contributed by atoms with Crippen molar-refractivity contribution in [1.29, 1.82) is 0 Å².